The molecular weight excluding hydrogens is 356 g/mol. The van der Waals surface area contributed by atoms with E-state index in [0.29, 0.717) is 11.8 Å². The quantitative estimate of drug-likeness (QED) is 0.693. The predicted molar refractivity (Wildman–Crippen MR) is 119 cm³/mol. The molecule has 2 aliphatic rings. The van der Waals surface area contributed by atoms with Crippen molar-refractivity contribution in [2.75, 3.05) is 19.6 Å². The van der Waals surface area contributed by atoms with Gasteiger partial charge in [-0.3, -0.25) is 9.69 Å². The number of benzene rings is 2. The highest BCUT2D eigenvalue weighted by atomic mass is 16.2. The summed E-state index contributed by atoms with van der Waals surface area (Å²) in [4.78, 5) is 17.7. The van der Waals surface area contributed by atoms with E-state index in [1.807, 2.05) is 0 Å². The predicted octanol–water partition coefficient (Wildman–Crippen LogP) is 5.28. The minimum atomic E-state index is 0.246. The Morgan fingerprint density at radius 2 is 1.48 bits per heavy atom. The van der Waals surface area contributed by atoms with Crippen molar-refractivity contribution in [2.24, 2.45) is 5.92 Å². The van der Waals surface area contributed by atoms with Crippen LogP contribution in [0.5, 0.6) is 0 Å². The molecule has 0 N–H and O–H groups in total. The first-order valence-electron chi connectivity index (χ1n) is 11.4. The Morgan fingerprint density at radius 1 is 0.897 bits per heavy atom. The number of piperazine rings is 1. The molecule has 0 bridgehead atoms. The second-order valence-corrected chi connectivity index (χ2v) is 8.86. The molecule has 3 nitrogen and oxygen atoms in total. The molecule has 2 fully saturated rings. The van der Waals surface area contributed by atoms with Gasteiger partial charge in [0, 0.05) is 32.1 Å². The number of nitrogens with zero attached hydrogens (tertiary/aromatic N) is 2. The maximum Gasteiger partial charge on any atom is 0.223 e. The smallest absolute Gasteiger partial charge is 0.223 e. The Balaban J connectivity index is 1.46. The van der Waals surface area contributed by atoms with E-state index >= 15 is 0 Å². The van der Waals surface area contributed by atoms with E-state index in [1.54, 1.807) is 0 Å². The second-order valence-electron chi connectivity index (χ2n) is 8.86. The number of carbonyl (C=O) groups excluding carboxylic acids is 1. The van der Waals surface area contributed by atoms with Crippen LogP contribution in [0.15, 0.2) is 60.7 Å². The Labute approximate surface area is 175 Å². The lowest BCUT2D eigenvalue weighted by molar-refractivity contribution is -0.137. The van der Waals surface area contributed by atoms with E-state index in [9.17, 15) is 4.79 Å². The standard InChI is InChI=1S/C26H34N2O/c1-21-20-27(17-18-28(21)25(29)19-22-11-5-2-6-12-22)26(23-13-7-3-8-14-23)24-15-9-4-10-16-24/h3-4,7-10,13-16,21-22,26H,2,5-6,11-12,17-20H2,1H3. The zero-order chi connectivity index (χ0) is 20.1. The van der Waals surface area contributed by atoms with Gasteiger partial charge in [-0.15, -0.1) is 0 Å². The summed E-state index contributed by atoms with van der Waals surface area (Å²) >= 11 is 0. The lowest BCUT2D eigenvalue weighted by atomic mass is 9.86. The van der Waals surface area contributed by atoms with Gasteiger partial charge in [-0.2, -0.15) is 0 Å². The first kappa shape index (κ1) is 20.2. The van der Waals surface area contributed by atoms with Crippen molar-refractivity contribution in [2.45, 2.75) is 57.5 Å². The van der Waals surface area contributed by atoms with Gasteiger partial charge in [0.25, 0.3) is 0 Å². The Morgan fingerprint density at radius 3 is 2.03 bits per heavy atom. The first-order chi connectivity index (χ1) is 14.2. The molecular formula is C26H34N2O. The Bertz CT molecular complexity index is 730. The summed E-state index contributed by atoms with van der Waals surface area (Å²) in [5, 5.41) is 0. The van der Waals surface area contributed by atoms with Crippen LogP contribution in [0.25, 0.3) is 0 Å². The van der Waals surface area contributed by atoms with Gasteiger partial charge in [0.05, 0.1) is 6.04 Å². The maximum absolute atomic E-state index is 13.0. The van der Waals surface area contributed by atoms with E-state index in [2.05, 4.69) is 77.4 Å². The molecule has 154 valence electrons. The van der Waals surface area contributed by atoms with Crippen molar-refractivity contribution in [3.8, 4) is 0 Å². The van der Waals surface area contributed by atoms with Gasteiger partial charge >= 0.3 is 0 Å². The average Bonchev–Trinajstić information content (AvgIpc) is 2.76. The highest BCUT2D eigenvalue weighted by Crippen LogP contribution is 2.32. The summed E-state index contributed by atoms with van der Waals surface area (Å²) in [6, 6.07) is 22.1. The Kier molecular flexibility index (Phi) is 6.66. The van der Waals surface area contributed by atoms with Gasteiger partial charge in [-0.05, 0) is 36.8 Å². The van der Waals surface area contributed by atoms with E-state index in [1.165, 1.54) is 43.2 Å². The van der Waals surface area contributed by atoms with Crippen molar-refractivity contribution in [3.05, 3.63) is 71.8 Å². The molecule has 1 aliphatic carbocycles. The van der Waals surface area contributed by atoms with Gasteiger partial charge in [-0.25, -0.2) is 0 Å². The van der Waals surface area contributed by atoms with Crippen molar-refractivity contribution in [3.63, 3.8) is 0 Å². The summed E-state index contributed by atoms with van der Waals surface area (Å²) in [5.41, 5.74) is 2.65. The van der Waals surface area contributed by atoms with Crippen LogP contribution < -0.4 is 0 Å². The summed E-state index contributed by atoms with van der Waals surface area (Å²) < 4.78 is 0. The maximum atomic E-state index is 13.0. The third-order valence-corrected chi connectivity index (χ3v) is 6.76. The van der Waals surface area contributed by atoms with E-state index < -0.39 is 0 Å². The van der Waals surface area contributed by atoms with Gasteiger partial charge in [0.15, 0.2) is 0 Å². The molecule has 2 aromatic carbocycles. The van der Waals surface area contributed by atoms with Crippen LogP contribution in [0, 0.1) is 5.92 Å². The molecule has 1 atom stereocenters. The molecule has 3 heteroatoms. The van der Waals surface area contributed by atoms with Gasteiger partial charge < -0.3 is 4.90 Å². The molecule has 0 radical (unpaired) electrons. The topological polar surface area (TPSA) is 23.6 Å². The van der Waals surface area contributed by atoms with Gasteiger partial charge in [0.2, 0.25) is 5.91 Å². The van der Waals surface area contributed by atoms with Crippen LogP contribution in [-0.2, 0) is 4.79 Å². The largest absolute Gasteiger partial charge is 0.337 e. The minimum Gasteiger partial charge on any atom is -0.337 e. The van der Waals surface area contributed by atoms with E-state index in [-0.39, 0.29) is 12.1 Å². The fourth-order valence-corrected chi connectivity index (χ4v) is 5.23. The summed E-state index contributed by atoms with van der Waals surface area (Å²) in [7, 11) is 0. The van der Waals surface area contributed by atoms with Crippen LogP contribution in [0.2, 0.25) is 0 Å². The van der Waals surface area contributed by atoms with E-state index in [0.717, 1.165) is 26.1 Å². The molecule has 1 aliphatic heterocycles. The van der Waals surface area contributed by atoms with Crippen LogP contribution >= 0.6 is 0 Å². The summed E-state index contributed by atoms with van der Waals surface area (Å²) in [6.45, 7) is 4.90. The van der Waals surface area contributed by atoms with Crippen LogP contribution in [-0.4, -0.2) is 41.4 Å². The zero-order valence-electron chi connectivity index (χ0n) is 17.7. The fourth-order valence-electron chi connectivity index (χ4n) is 5.23. The van der Waals surface area contributed by atoms with Crippen LogP contribution in [0.3, 0.4) is 0 Å². The number of amides is 1. The molecule has 1 heterocycles. The monoisotopic (exact) mass is 390 g/mol. The Hall–Kier alpha value is -2.13. The fraction of sp³-hybridized carbons (Fsp3) is 0.500. The van der Waals surface area contributed by atoms with Crippen LogP contribution in [0.4, 0.5) is 0 Å². The van der Waals surface area contributed by atoms with Gasteiger partial charge in [0.1, 0.15) is 0 Å². The average molecular weight is 391 g/mol. The van der Waals surface area contributed by atoms with Crippen molar-refractivity contribution < 1.29 is 4.79 Å². The molecule has 1 unspecified atom stereocenters. The SMILES string of the molecule is CC1CN(C(c2ccccc2)c2ccccc2)CCN1C(=O)CC1CCCCC1. The molecule has 4 rings (SSSR count). The minimum absolute atomic E-state index is 0.246. The lowest BCUT2D eigenvalue weighted by Gasteiger charge is -2.44. The van der Waals surface area contributed by atoms with Crippen molar-refractivity contribution >= 4 is 5.91 Å². The molecule has 1 amide bonds. The molecule has 1 saturated heterocycles. The van der Waals surface area contributed by atoms with Crippen LogP contribution in [0.1, 0.15) is 62.6 Å². The number of carbonyl (C=O) groups is 1. The zero-order valence-corrected chi connectivity index (χ0v) is 17.7. The normalized spacial score (nSPS) is 21.4. The molecule has 29 heavy (non-hydrogen) atoms. The molecule has 0 spiro atoms. The molecule has 2 aromatic rings. The third-order valence-electron chi connectivity index (χ3n) is 6.76. The number of rotatable bonds is 5. The van der Waals surface area contributed by atoms with E-state index in [4.69, 9.17) is 0 Å². The van der Waals surface area contributed by atoms with Gasteiger partial charge in [-0.1, -0.05) is 79.9 Å². The third kappa shape index (κ3) is 4.90. The van der Waals surface area contributed by atoms with Crippen molar-refractivity contribution in [1.82, 2.24) is 9.80 Å². The molecule has 0 aromatic heterocycles. The van der Waals surface area contributed by atoms with Crippen molar-refractivity contribution in [1.29, 1.82) is 0 Å². The highest BCUT2D eigenvalue weighted by molar-refractivity contribution is 5.77. The summed E-state index contributed by atoms with van der Waals surface area (Å²) in [5.74, 6) is 0.989. The highest BCUT2D eigenvalue weighted by Gasteiger charge is 2.33. The first-order valence-corrected chi connectivity index (χ1v) is 11.4. The number of hydrogen-bond donors (Lipinski definition) is 0. The second kappa shape index (κ2) is 9.58. The summed E-state index contributed by atoms with van der Waals surface area (Å²) in [6.07, 6.45) is 7.19. The number of hydrogen-bond acceptors (Lipinski definition) is 2. The lowest BCUT2D eigenvalue weighted by Crippen LogP contribution is -2.55. The molecule has 1 saturated carbocycles.